The minimum absolute atomic E-state index is 0.222. The summed E-state index contributed by atoms with van der Waals surface area (Å²) in [6, 6.07) is 0. The Morgan fingerprint density at radius 3 is 2.75 bits per heavy atom. The molecule has 2 N–H and O–H groups in total. The molecule has 1 unspecified atom stereocenters. The summed E-state index contributed by atoms with van der Waals surface area (Å²) < 4.78 is 0. The molecule has 0 aromatic carbocycles. The van der Waals surface area contributed by atoms with Gasteiger partial charge in [0.05, 0.1) is 6.10 Å². The third kappa shape index (κ3) is 3.52. The van der Waals surface area contributed by atoms with E-state index in [9.17, 15) is 0 Å². The van der Waals surface area contributed by atoms with E-state index in [0.717, 1.165) is 19.0 Å². The van der Waals surface area contributed by atoms with Gasteiger partial charge in [-0.25, -0.2) is 0 Å². The number of hydrogen-bond acceptors (Lipinski definition) is 3. The van der Waals surface area contributed by atoms with Gasteiger partial charge in [0, 0.05) is 32.7 Å². The predicted molar refractivity (Wildman–Crippen MR) is 50.2 cm³/mol. The lowest BCUT2D eigenvalue weighted by Crippen LogP contribution is -2.48. The smallest absolute Gasteiger partial charge is 0.0636 e. The van der Waals surface area contributed by atoms with E-state index in [0.29, 0.717) is 6.54 Å². The standard InChI is InChI=1S/C9H20N2O/c1-8-6-11(7-8)4-3-10-5-9(2)12/h8-10,12H,3-7H2,1-2H3. The van der Waals surface area contributed by atoms with Crippen LogP contribution < -0.4 is 5.32 Å². The third-order valence-corrected chi connectivity index (χ3v) is 2.18. The highest BCUT2D eigenvalue weighted by molar-refractivity contribution is 4.76. The van der Waals surface area contributed by atoms with Crippen LogP contribution in [0.5, 0.6) is 0 Å². The Labute approximate surface area is 74.8 Å². The molecular formula is C9H20N2O. The molecule has 1 saturated heterocycles. The van der Waals surface area contributed by atoms with Gasteiger partial charge in [0.2, 0.25) is 0 Å². The normalized spacial score (nSPS) is 22.2. The first-order chi connectivity index (χ1) is 5.68. The second-order valence-electron chi connectivity index (χ2n) is 3.92. The molecule has 0 aromatic heterocycles. The summed E-state index contributed by atoms with van der Waals surface area (Å²) in [5.74, 6) is 0.891. The molecule has 0 spiro atoms. The maximum Gasteiger partial charge on any atom is 0.0636 e. The highest BCUT2D eigenvalue weighted by Crippen LogP contribution is 2.12. The molecule has 0 radical (unpaired) electrons. The molecule has 0 saturated carbocycles. The first kappa shape index (κ1) is 9.96. The summed E-state index contributed by atoms with van der Waals surface area (Å²) in [6.07, 6.45) is -0.222. The van der Waals surface area contributed by atoms with Crippen molar-refractivity contribution in [3.05, 3.63) is 0 Å². The second kappa shape index (κ2) is 4.80. The molecular weight excluding hydrogens is 152 g/mol. The number of nitrogens with one attached hydrogen (secondary N) is 1. The Morgan fingerprint density at radius 2 is 2.25 bits per heavy atom. The lowest BCUT2D eigenvalue weighted by atomic mass is 10.0. The monoisotopic (exact) mass is 172 g/mol. The zero-order valence-electron chi connectivity index (χ0n) is 8.08. The molecule has 1 atom stereocenters. The Bertz CT molecular complexity index is 122. The van der Waals surface area contributed by atoms with Gasteiger partial charge in [-0.3, -0.25) is 0 Å². The number of likely N-dealkylation sites (tertiary alicyclic amines) is 1. The summed E-state index contributed by atoms with van der Waals surface area (Å²) in [7, 11) is 0. The number of rotatable bonds is 5. The van der Waals surface area contributed by atoms with E-state index in [4.69, 9.17) is 5.11 Å². The molecule has 3 heteroatoms. The fraction of sp³-hybridized carbons (Fsp3) is 1.00. The predicted octanol–water partition coefficient (Wildman–Crippen LogP) is -0.0915. The van der Waals surface area contributed by atoms with Gasteiger partial charge in [-0.2, -0.15) is 0 Å². The van der Waals surface area contributed by atoms with E-state index in [-0.39, 0.29) is 6.10 Å². The number of nitrogens with zero attached hydrogens (tertiary/aromatic N) is 1. The van der Waals surface area contributed by atoms with E-state index in [1.165, 1.54) is 13.1 Å². The summed E-state index contributed by atoms with van der Waals surface area (Å²) in [5, 5.41) is 12.2. The minimum atomic E-state index is -0.222. The maximum absolute atomic E-state index is 8.95. The second-order valence-corrected chi connectivity index (χ2v) is 3.92. The van der Waals surface area contributed by atoms with Gasteiger partial charge in [0.15, 0.2) is 0 Å². The minimum Gasteiger partial charge on any atom is -0.392 e. The van der Waals surface area contributed by atoms with Crippen LogP contribution in [-0.4, -0.2) is 48.8 Å². The largest absolute Gasteiger partial charge is 0.392 e. The average Bonchev–Trinajstić information content (AvgIpc) is 1.93. The molecule has 3 nitrogen and oxygen atoms in total. The number of aliphatic hydroxyl groups is 1. The van der Waals surface area contributed by atoms with E-state index >= 15 is 0 Å². The lowest BCUT2D eigenvalue weighted by Gasteiger charge is -2.37. The molecule has 1 rings (SSSR count). The van der Waals surface area contributed by atoms with Gasteiger partial charge in [-0.05, 0) is 12.8 Å². The van der Waals surface area contributed by atoms with Gasteiger partial charge in [0.25, 0.3) is 0 Å². The number of hydrogen-bond donors (Lipinski definition) is 2. The van der Waals surface area contributed by atoms with Crippen LogP contribution in [0.2, 0.25) is 0 Å². The average molecular weight is 172 g/mol. The van der Waals surface area contributed by atoms with Crippen molar-refractivity contribution in [1.29, 1.82) is 0 Å². The van der Waals surface area contributed by atoms with Crippen LogP contribution in [-0.2, 0) is 0 Å². The van der Waals surface area contributed by atoms with Crippen LogP contribution in [0.1, 0.15) is 13.8 Å². The molecule has 1 aliphatic rings. The van der Waals surface area contributed by atoms with Crippen molar-refractivity contribution in [2.45, 2.75) is 20.0 Å². The van der Waals surface area contributed by atoms with E-state index in [1.54, 1.807) is 6.92 Å². The molecule has 12 heavy (non-hydrogen) atoms. The summed E-state index contributed by atoms with van der Waals surface area (Å²) in [5.41, 5.74) is 0. The van der Waals surface area contributed by atoms with Crippen LogP contribution in [0, 0.1) is 5.92 Å². The van der Waals surface area contributed by atoms with Crippen molar-refractivity contribution in [2.24, 2.45) is 5.92 Å². The van der Waals surface area contributed by atoms with Crippen molar-refractivity contribution in [3.63, 3.8) is 0 Å². The third-order valence-electron chi connectivity index (χ3n) is 2.18. The fourth-order valence-electron chi connectivity index (χ4n) is 1.56. The van der Waals surface area contributed by atoms with E-state index in [1.807, 2.05) is 0 Å². The van der Waals surface area contributed by atoms with Gasteiger partial charge < -0.3 is 15.3 Å². The summed E-state index contributed by atoms with van der Waals surface area (Å²) in [6.45, 7) is 9.41. The number of aliphatic hydroxyl groups excluding tert-OH is 1. The molecule has 1 aliphatic heterocycles. The van der Waals surface area contributed by atoms with Crippen molar-refractivity contribution in [3.8, 4) is 0 Å². The van der Waals surface area contributed by atoms with Crippen LogP contribution in [0.4, 0.5) is 0 Å². The lowest BCUT2D eigenvalue weighted by molar-refractivity contribution is 0.112. The zero-order chi connectivity index (χ0) is 8.97. The van der Waals surface area contributed by atoms with Gasteiger partial charge in [-0.1, -0.05) is 6.92 Å². The molecule has 1 heterocycles. The van der Waals surface area contributed by atoms with Crippen LogP contribution >= 0.6 is 0 Å². The van der Waals surface area contributed by atoms with Gasteiger partial charge in [0.1, 0.15) is 0 Å². The van der Waals surface area contributed by atoms with Gasteiger partial charge in [-0.15, -0.1) is 0 Å². The highest BCUT2D eigenvalue weighted by atomic mass is 16.3. The molecule has 0 amide bonds. The quantitative estimate of drug-likeness (QED) is 0.569. The molecule has 0 aromatic rings. The Morgan fingerprint density at radius 1 is 1.58 bits per heavy atom. The summed E-state index contributed by atoms with van der Waals surface area (Å²) in [4.78, 5) is 2.43. The van der Waals surface area contributed by atoms with Crippen LogP contribution in [0.15, 0.2) is 0 Å². The van der Waals surface area contributed by atoms with Crippen LogP contribution in [0.25, 0.3) is 0 Å². The molecule has 1 fully saturated rings. The van der Waals surface area contributed by atoms with Crippen molar-refractivity contribution < 1.29 is 5.11 Å². The molecule has 0 aliphatic carbocycles. The Balaban J connectivity index is 1.83. The first-order valence-electron chi connectivity index (χ1n) is 4.79. The first-order valence-corrected chi connectivity index (χ1v) is 4.79. The topological polar surface area (TPSA) is 35.5 Å². The van der Waals surface area contributed by atoms with E-state index < -0.39 is 0 Å². The van der Waals surface area contributed by atoms with Crippen molar-refractivity contribution in [2.75, 3.05) is 32.7 Å². The SMILES string of the molecule is CC(O)CNCCN1CC(C)C1. The molecule has 0 bridgehead atoms. The van der Waals surface area contributed by atoms with E-state index in [2.05, 4.69) is 17.1 Å². The summed E-state index contributed by atoms with van der Waals surface area (Å²) >= 11 is 0. The van der Waals surface area contributed by atoms with Crippen molar-refractivity contribution in [1.82, 2.24) is 10.2 Å². The maximum atomic E-state index is 8.95. The Kier molecular flexibility index (Phi) is 3.98. The van der Waals surface area contributed by atoms with Gasteiger partial charge >= 0.3 is 0 Å². The highest BCUT2D eigenvalue weighted by Gasteiger charge is 2.20. The zero-order valence-corrected chi connectivity index (χ0v) is 8.08. The van der Waals surface area contributed by atoms with Crippen LogP contribution in [0.3, 0.4) is 0 Å². The van der Waals surface area contributed by atoms with Crippen molar-refractivity contribution >= 4 is 0 Å². The fourth-order valence-corrected chi connectivity index (χ4v) is 1.56. The molecule has 72 valence electrons. The Hall–Kier alpha value is -0.120.